The molecule has 0 aliphatic rings. The van der Waals surface area contributed by atoms with Gasteiger partial charge < -0.3 is 31.4 Å². The number of furan rings is 1. The van der Waals surface area contributed by atoms with Gasteiger partial charge in [0.15, 0.2) is 0 Å². The molecule has 3 rings (SSSR count). The molecule has 10 heteroatoms. The number of fused-ring (bicyclic) bond motifs is 1. The Morgan fingerprint density at radius 2 is 1.87 bits per heavy atom. The largest absolute Gasteiger partial charge is 0.481 e. The fraction of sp³-hybridized carbons (Fsp3) is 0.333. The van der Waals surface area contributed by atoms with Crippen molar-refractivity contribution in [2.24, 2.45) is 0 Å². The lowest BCUT2D eigenvalue weighted by molar-refractivity contribution is -0.140. The van der Waals surface area contributed by atoms with Crippen LogP contribution in [-0.4, -0.2) is 38.2 Å². The number of nitrogens with zero attached hydrogens (tertiary/aromatic N) is 2. The van der Waals surface area contributed by atoms with E-state index >= 15 is 0 Å². The number of nitrogens with one attached hydrogen (secondary N) is 1. The Kier molecular flexibility index (Phi) is 6.71. The van der Waals surface area contributed by atoms with Crippen LogP contribution < -0.4 is 16.8 Å². The number of hydrogen-bond acceptors (Lipinski definition) is 8. The zero-order chi connectivity index (χ0) is 22.5. The van der Waals surface area contributed by atoms with Gasteiger partial charge in [0.05, 0.1) is 11.6 Å². The van der Waals surface area contributed by atoms with Gasteiger partial charge in [-0.2, -0.15) is 9.97 Å². The van der Waals surface area contributed by atoms with Crippen LogP contribution in [-0.2, 0) is 22.6 Å². The van der Waals surface area contributed by atoms with Gasteiger partial charge in [0.2, 0.25) is 11.7 Å². The maximum atomic E-state index is 11.3. The summed E-state index contributed by atoms with van der Waals surface area (Å²) in [5.41, 5.74) is 14.8. The Morgan fingerprint density at radius 3 is 2.52 bits per heavy atom. The maximum Gasteiger partial charge on any atom is 0.320 e. The fourth-order valence-corrected chi connectivity index (χ4v) is 3.43. The molecule has 0 spiro atoms. The molecule has 0 radical (unpaired) electrons. The van der Waals surface area contributed by atoms with E-state index in [1.165, 1.54) is 0 Å². The molecule has 7 N–H and O–H groups in total. The van der Waals surface area contributed by atoms with Gasteiger partial charge >= 0.3 is 11.9 Å². The lowest BCUT2D eigenvalue weighted by atomic mass is 9.93. The normalized spacial score (nSPS) is 13.2. The van der Waals surface area contributed by atoms with Crippen LogP contribution in [0, 0.1) is 0 Å². The number of carboxylic acid groups (broad SMARTS) is 2. The molecule has 31 heavy (non-hydrogen) atoms. The highest BCUT2D eigenvalue weighted by atomic mass is 16.4. The van der Waals surface area contributed by atoms with E-state index in [0.717, 1.165) is 16.7 Å². The van der Waals surface area contributed by atoms with E-state index in [2.05, 4.69) is 22.2 Å². The molecular weight excluding hydrogens is 402 g/mol. The number of nitrogens with two attached hydrogens (primary N) is 2. The summed E-state index contributed by atoms with van der Waals surface area (Å²) < 4.78 is 5.47. The third-order valence-electron chi connectivity index (χ3n) is 5.13. The minimum absolute atomic E-state index is 0.0247. The van der Waals surface area contributed by atoms with E-state index in [-0.39, 0.29) is 30.5 Å². The van der Waals surface area contributed by atoms with Crippen LogP contribution >= 0.6 is 0 Å². The van der Waals surface area contributed by atoms with Gasteiger partial charge in [-0.3, -0.25) is 9.59 Å². The summed E-state index contributed by atoms with van der Waals surface area (Å²) in [5.74, 6) is -1.58. The van der Waals surface area contributed by atoms with Gasteiger partial charge in [0.25, 0.3) is 0 Å². The van der Waals surface area contributed by atoms with E-state index < -0.39 is 18.0 Å². The Bertz CT molecular complexity index is 1080. The highest BCUT2D eigenvalue weighted by Crippen LogP contribution is 2.29. The molecule has 164 valence electrons. The number of nitrogen functional groups attached to an aromatic ring is 2. The highest BCUT2D eigenvalue weighted by Gasteiger charge is 2.19. The zero-order valence-corrected chi connectivity index (χ0v) is 17.0. The molecule has 3 aromatic rings. The third kappa shape index (κ3) is 5.48. The van der Waals surface area contributed by atoms with Crippen molar-refractivity contribution in [1.82, 2.24) is 15.3 Å². The summed E-state index contributed by atoms with van der Waals surface area (Å²) in [4.78, 5) is 30.0. The molecule has 1 unspecified atom stereocenters. The van der Waals surface area contributed by atoms with E-state index in [9.17, 15) is 14.7 Å². The van der Waals surface area contributed by atoms with E-state index in [1.54, 1.807) is 6.26 Å². The van der Waals surface area contributed by atoms with Crippen molar-refractivity contribution < 1.29 is 24.2 Å². The minimum atomic E-state index is -1.07. The number of benzene rings is 1. The first-order valence-electron chi connectivity index (χ1n) is 9.80. The number of carboxylic acids is 2. The van der Waals surface area contributed by atoms with Crippen LogP contribution in [0.3, 0.4) is 0 Å². The fourth-order valence-electron chi connectivity index (χ4n) is 3.43. The lowest BCUT2D eigenvalue weighted by Gasteiger charge is -2.15. The van der Waals surface area contributed by atoms with Crippen LogP contribution in [0.25, 0.3) is 11.1 Å². The van der Waals surface area contributed by atoms with Gasteiger partial charge in [0, 0.05) is 18.5 Å². The van der Waals surface area contributed by atoms with E-state index in [0.29, 0.717) is 24.1 Å². The molecule has 0 aliphatic carbocycles. The minimum Gasteiger partial charge on any atom is -0.481 e. The maximum absolute atomic E-state index is 11.3. The second-order valence-corrected chi connectivity index (χ2v) is 7.46. The number of hydrogen-bond donors (Lipinski definition) is 5. The molecular formula is C21H25N5O5. The first kappa shape index (κ1) is 22.0. The monoisotopic (exact) mass is 427 g/mol. The molecule has 10 nitrogen and oxygen atoms in total. The average Bonchev–Trinajstić information content (AvgIpc) is 3.10. The Morgan fingerprint density at radius 1 is 1.16 bits per heavy atom. The summed E-state index contributed by atoms with van der Waals surface area (Å²) in [7, 11) is 0. The second kappa shape index (κ2) is 9.43. The molecule has 2 aromatic heterocycles. The number of anilines is 2. The summed E-state index contributed by atoms with van der Waals surface area (Å²) in [5, 5.41) is 21.5. The predicted molar refractivity (Wildman–Crippen MR) is 114 cm³/mol. The Balaban J connectivity index is 1.63. The van der Waals surface area contributed by atoms with Crippen LogP contribution in [0.15, 0.2) is 34.9 Å². The number of aromatic nitrogens is 2. The molecule has 0 saturated carbocycles. The smallest absolute Gasteiger partial charge is 0.320 e. The molecule has 0 aliphatic heterocycles. The summed E-state index contributed by atoms with van der Waals surface area (Å²) in [6, 6.07) is 6.89. The van der Waals surface area contributed by atoms with Crippen LogP contribution in [0.2, 0.25) is 0 Å². The number of carbonyl (C=O) groups is 2. The van der Waals surface area contributed by atoms with Gasteiger partial charge in [-0.25, -0.2) is 0 Å². The van der Waals surface area contributed by atoms with Crippen molar-refractivity contribution in [3.8, 4) is 0 Å². The molecule has 0 fully saturated rings. The van der Waals surface area contributed by atoms with Gasteiger partial charge in [-0.15, -0.1) is 0 Å². The second-order valence-electron chi connectivity index (χ2n) is 7.46. The first-order chi connectivity index (χ1) is 14.7. The lowest BCUT2D eigenvalue weighted by Crippen LogP contribution is -2.36. The standard InChI is InChI=1S/C21H25N5O5/c1-11(8-14-10-31-19-17(14)18(22)25-21(23)26-19)13-4-2-12(3-5-13)9-24-15(20(29)30)6-7-16(27)28/h2-5,10-11,15,24H,6-9H2,1H3,(H,27,28)(H,29,30)(H4,22,23,25,26)/t11?,15-/m0/s1. The van der Waals surface area contributed by atoms with Crippen molar-refractivity contribution in [2.45, 2.75) is 44.7 Å². The molecule has 2 heterocycles. The highest BCUT2D eigenvalue weighted by molar-refractivity contribution is 5.88. The van der Waals surface area contributed by atoms with Gasteiger partial charge in [0.1, 0.15) is 11.9 Å². The number of aliphatic carboxylic acids is 2. The van der Waals surface area contributed by atoms with Crippen LogP contribution in [0.4, 0.5) is 11.8 Å². The molecule has 0 saturated heterocycles. The van der Waals surface area contributed by atoms with Crippen LogP contribution in [0.5, 0.6) is 0 Å². The van der Waals surface area contributed by atoms with E-state index in [4.69, 9.17) is 21.0 Å². The van der Waals surface area contributed by atoms with Crippen molar-refractivity contribution in [2.75, 3.05) is 11.5 Å². The summed E-state index contributed by atoms with van der Waals surface area (Å²) in [6.07, 6.45) is 2.10. The van der Waals surface area contributed by atoms with E-state index in [1.807, 2.05) is 24.3 Å². The first-order valence-corrected chi connectivity index (χ1v) is 9.80. The Hall–Kier alpha value is -3.66. The molecule has 1 aromatic carbocycles. The Labute approximate surface area is 178 Å². The molecule has 0 amide bonds. The average molecular weight is 427 g/mol. The quantitative estimate of drug-likeness (QED) is 0.322. The van der Waals surface area contributed by atoms with Gasteiger partial charge in [-0.05, 0) is 29.9 Å². The van der Waals surface area contributed by atoms with Crippen molar-refractivity contribution >= 4 is 34.8 Å². The van der Waals surface area contributed by atoms with Crippen molar-refractivity contribution in [1.29, 1.82) is 0 Å². The molecule has 0 bridgehead atoms. The van der Waals surface area contributed by atoms with Crippen molar-refractivity contribution in [3.63, 3.8) is 0 Å². The molecule has 2 atom stereocenters. The van der Waals surface area contributed by atoms with Gasteiger partial charge in [-0.1, -0.05) is 31.2 Å². The third-order valence-corrected chi connectivity index (χ3v) is 5.13. The zero-order valence-electron chi connectivity index (χ0n) is 17.0. The SMILES string of the molecule is CC(Cc1coc2nc(N)nc(N)c12)c1ccc(CN[C@@H](CCC(=O)O)C(=O)O)cc1. The van der Waals surface area contributed by atoms with Crippen LogP contribution in [0.1, 0.15) is 42.4 Å². The predicted octanol–water partition coefficient (Wildman–Crippen LogP) is 2.14. The van der Waals surface area contributed by atoms with Crippen molar-refractivity contribution in [3.05, 3.63) is 47.2 Å². The topological polar surface area (TPSA) is 178 Å². The summed E-state index contributed by atoms with van der Waals surface area (Å²) >= 11 is 0. The summed E-state index contributed by atoms with van der Waals surface area (Å²) in [6.45, 7) is 2.40. The number of rotatable bonds is 10.